The van der Waals surface area contributed by atoms with E-state index in [1.807, 2.05) is 0 Å². The summed E-state index contributed by atoms with van der Waals surface area (Å²) >= 11 is 0. The first-order chi connectivity index (χ1) is 9.54. The second-order valence-electron chi connectivity index (χ2n) is 5.14. The van der Waals surface area contributed by atoms with E-state index in [2.05, 4.69) is 59.8 Å². The fourth-order valence-electron chi connectivity index (χ4n) is 1.78. The van der Waals surface area contributed by atoms with E-state index in [1.165, 1.54) is 47.9 Å². The maximum atomic E-state index is 4.35. The average Bonchev–Trinajstić information content (AvgIpc) is 2.68. The van der Waals surface area contributed by atoms with Crippen molar-refractivity contribution >= 4 is 0 Å². The summed E-state index contributed by atoms with van der Waals surface area (Å²) in [5.41, 5.74) is 5.75. The van der Waals surface area contributed by atoms with Gasteiger partial charge >= 0.3 is 21.7 Å². The quantitative estimate of drug-likeness (QED) is 0.376. The number of unbranched alkanes of at least 4 members (excludes halogenated alkanes) is 2. The largest absolute Gasteiger partial charge is 2.00 e. The molecule has 1 nitrogen and oxygen atoms in total. The standard InChI is InChI=1S/C9H13.C8H18N.C2H5.2ClH.Ti/c1-6-5-7(2)9(4)8(6)3;1-3-5-7-9-8-6-4-2;1-2;;;/h5H,1-4H3;3-8H2,1-2H3;1H2,2H3;2*1H;/q3*-1;;;+2/p-2. The Balaban J connectivity index is -0.0000000757. The van der Waals surface area contributed by atoms with Gasteiger partial charge in [0.25, 0.3) is 0 Å². The Hall–Kier alpha value is 0.604. The number of hydrogen-bond donors (Lipinski definition) is 0. The third-order valence-electron chi connectivity index (χ3n) is 3.52. The summed E-state index contributed by atoms with van der Waals surface area (Å²) in [5, 5.41) is 4.35. The second-order valence-corrected chi connectivity index (χ2v) is 5.14. The number of halogens is 2. The van der Waals surface area contributed by atoms with Crippen LogP contribution in [-0.2, 0) is 21.7 Å². The van der Waals surface area contributed by atoms with Crippen LogP contribution in [0.3, 0.4) is 0 Å². The maximum Gasteiger partial charge on any atom is 2.00 e. The van der Waals surface area contributed by atoms with E-state index in [4.69, 9.17) is 0 Å². The Morgan fingerprint density at radius 1 is 0.783 bits per heavy atom. The minimum absolute atomic E-state index is 0. The van der Waals surface area contributed by atoms with E-state index < -0.39 is 0 Å². The minimum atomic E-state index is 0. The van der Waals surface area contributed by atoms with Gasteiger partial charge < -0.3 is 37.1 Å². The van der Waals surface area contributed by atoms with Gasteiger partial charge in [-0.3, -0.25) is 0 Å². The summed E-state index contributed by atoms with van der Waals surface area (Å²) < 4.78 is 0. The smallest absolute Gasteiger partial charge is 1.00 e. The number of nitrogens with zero attached hydrogens (tertiary/aromatic N) is 1. The van der Waals surface area contributed by atoms with Crippen LogP contribution in [-0.4, -0.2) is 13.1 Å². The summed E-state index contributed by atoms with van der Waals surface area (Å²) in [7, 11) is 0. The molecule has 0 aliphatic rings. The minimum Gasteiger partial charge on any atom is -1.00 e. The average molecular weight is 397 g/mol. The zero-order valence-corrected chi connectivity index (χ0v) is 19.3. The fourth-order valence-corrected chi connectivity index (χ4v) is 1.78. The van der Waals surface area contributed by atoms with Gasteiger partial charge in [-0.2, -0.15) is 35.2 Å². The molecule has 138 valence electrons. The van der Waals surface area contributed by atoms with Gasteiger partial charge in [-0.15, -0.1) is 13.1 Å². The van der Waals surface area contributed by atoms with Gasteiger partial charge in [0, 0.05) is 0 Å². The van der Waals surface area contributed by atoms with Crippen LogP contribution in [0.25, 0.3) is 5.32 Å². The number of hydrogen-bond acceptors (Lipinski definition) is 0. The Morgan fingerprint density at radius 3 is 1.26 bits per heavy atom. The Kier molecular flexibility index (Phi) is 37.7. The summed E-state index contributed by atoms with van der Waals surface area (Å²) in [6.45, 7) is 20.2. The molecule has 0 radical (unpaired) electrons. The molecule has 0 unspecified atom stereocenters. The molecule has 0 N–H and O–H groups in total. The van der Waals surface area contributed by atoms with E-state index in [0.29, 0.717) is 0 Å². The molecule has 0 saturated carbocycles. The van der Waals surface area contributed by atoms with Crippen molar-refractivity contribution in [1.29, 1.82) is 0 Å². The molecule has 0 bridgehead atoms. The third-order valence-corrected chi connectivity index (χ3v) is 3.52. The van der Waals surface area contributed by atoms with Crippen molar-refractivity contribution in [3.05, 3.63) is 40.6 Å². The molecule has 0 aliphatic carbocycles. The van der Waals surface area contributed by atoms with Crippen molar-refractivity contribution < 1.29 is 46.5 Å². The zero-order chi connectivity index (χ0) is 16.0. The van der Waals surface area contributed by atoms with Crippen molar-refractivity contribution in [2.45, 2.75) is 74.1 Å². The van der Waals surface area contributed by atoms with Crippen LogP contribution >= 0.6 is 0 Å². The van der Waals surface area contributed by atoms with Crippen molar-refractivity contribution in [2.75, 3.05) is 13.1 Å². The van der Waals surface area contributed by atoms with Crippen LogP contribution in [0.15, 0.2) is 6.07 Å². The summed E-state index contributed by atoms with van der Waals surface area (Å²) in [5.74, 6) is 0. The predicted molar refractivity (Wildman–Crippen MR) is 94.9 cm³/mol. The molecular formula is C19H36Cl2NTi-3. The van der Waals surface area contributed by atoms with Crippen molar-refractivity contribution in [3.8, 4) is 0 Å². The Labute approximate surface area is 173 Å². The molecule has 1 rings (SSSR count). The Morgan fingerprint density at radius 2 is 1.09 bits per heavy atom. The zero-order valence-electron chi connectivity index (χ0n) is 16.2. The second kappa shape index (κ2) is 24.9. The molecule has 1 aromatic carbocycles. The fraction of sp³-hybridized carbons (Fsp3) is 0.684. The van der Waals surface area contributed by atoms with Gasteiger partial charge in [-0.05, 0) is 0 Å². The molecule has 23 heavy (non-hydrogen) atoms. The van der Waals surface area contributed by atoms with E-state index in [-0.39, 0.29) is 46.5 Å². The van der Waals surface area contributed by atoms with E-state index >= 15 is 0 Å². The van der Waals surface area contributed by atoms with Crippen LogP contribution in [0.4, 0.5) is 0 Å². The molecule has 0 heterocycles. The van der Waals surface area contributed by atoms with Gasteiger partial charge in [0.2, 0.25) is 0 Å². The first-order valence-corrected chi connectivity index (χ1v) is 8.08. The topological polar surface area (TPSA) is 14.1 Å². The molecule has 0 saturated heterocycles. The first-order valence-electron chi connectivity index (χ1n) is 8.08. The van der Waals surface area contributed by atoms with Gasteiger partial charge in [-0.1, -0.05) is 67.2 Å². The predicted octanol–water partition coefficient (Wildman–Crippen LogP) is 0.445. The Bertz CT molecular complexity index is 297. The van der Waals surface area contributed by atoms with E-state index in [1.54, 1.807) is 6.92 Å². The van der Waals surface area contributed by atoms with Crippen molar-refractivity contribution in [3.63, 3.8) is 0 Å². The monoisotopic (exact) mass is 396 g/mol. The van der Waals surface area contributed by atoms with Crippen molar-refractivity contribution in [2.24, 2.45) is 0 Å². The van der Waals surface area contributed by atoms with Gasteiger partial charge in [-0.25, -0.2) is 0 Å². The number of rotatable bonds is 6. The summed E-state index contributed by atoms with van der Waals surface area (Å²) in [6, 6.07) is 2.24. The molecule has 0 spiro atoms. The maximum absolute atomic E-state index is 4.35. The van der Waals surface area contributed by atoms with Crippen LogP contribution in [0, 0.1) is 34.6 Å². The SMILES string of the molecule is CCCC[N-]CCCC.Cc1[cH-]c(C)c(C)c1C.[CH2-]C.[Cl-].[Cl-].[Ti+2]. The van der Waals surface area contributed by atoms with Crippen LogP contribution in [0.2, 0.25) is 0 Å². The van der Waals surface area contributed by atoms with E-state index in [0.717, 1.165) is 13.1 Å². The van der Waals surface area contributed by atoms with Crippen LogP contribution in [0.5, 0.6) is 0 Å². The van der Waals surface area contributed by atoms with E-state index in [9.17, 15) is 0 Å². The molecule has 0 aromatic heterocycles. The molecule has 1 aromatic rings. The summed E-state index contributed by atoms with van der Waals surface area (Å²) in [4.78, 5) is 0. The molecule has 0 aliphatic heterocycles. The molecule has 4 heteroatoms. The third kappa shape index (κ3) is 18.8. The molecule has 0 amide bonds. The molecule has 0 atom stereocenters. The van der Waals surface area contributed by atoms with Gasteiger partial charge in [0.05, 0.1) is 0 Å². The molecular weight excluding hydrogens is 361 g/mol. The molecule has 0 fully saturated rings. The number of aryl methyl sites for hydroxylation is 2. The van der Waals surface area contributed by atoms with Crippen molar-refractivity contribution in [1.82, 2.24) is 0 Å². The van der Waals surface area contributed by atoms with Crippen LogP contribution in [0.1, 0.15) is 68.7 Å². The normalized spacial score (nSPS) is 8.17. The van der Waals surface area contributed by atoms with Gasteiger partial charge in [0.15, 0.2) is 0 Å². The first kappa shape index (κ1) is 34.8. The van der Waals surface area contributed by atoms with Crippen LogP contribution < -0.4 is 24.8 Å². The van der Waals surface area contributed by atoms with Gasteiger partial charge in [0.1, 0.15) is 0 Å². The summed E-state index contributed by atoms with van der Waals surface area (Å²) in [6.07, 6.45) is 5.08.